The fourth-order valence-corrected chi connectivity index (χ4v) is 4.39. The Kier molecular flexibility index (Phi) is 7.95. The minimum absolute atomic E-state index is 0.255. The summed E-state index contributed by atoms with van der Waals surface area (Å²) >= 11 is 1.25. The van der Waals surface area contributed by atoms with Crippen LogP contribution in [0.1, 0.15) is 32.0 Å². The molecule has 0 saturated carbocycles. The molecule has 2 aromatic heterocycles. The molecule has 2 heterocycles. The maximum Gasteiger partial charge on any atom is 0.410 e. The number of sulfone groups is 1. The van der Waals surface area contributed by atoms with E-state index in [9.17, 15) is 13.2 Å². The lowest BCUT2D eigenvalue weighted by atomic mass is 10.2. The number of carbonyl (C=O) groups is 1. The van der Waals surface area contributed by atoms with Crippen molar-refractivity contribution in [3.63, 3.8) is 0 Å². The lowest BCUT2D eigenvalue weighted by Gasteiger charge is -2.24. The van der Waals surface area contributed by atoms with Crippen molar-refractivity contribution in [3.05, 3.63) is 23.5 Å². The molecule has 0 fully saturated rings. The molecule has 0 aromatic carbocycles. The summed E-state index contributed by atoms with van der Waals surface area (Å²) in [7, 11) is -4.87. The first-order valence-electron chi connectivity index (χ1n) is 9.74. The molecule has 1 unspecified atom stereocenters. The van der Waals surface area contributed by atoms with Gasteiger partial charge in [0, 0.05) is 33.3 Å². The minimum atomic E-state index is -3.53. The first-order valence-corrected chi connectivity index (χ1v) is 16.2. The van der Waals surface area contributed by atoms with E-state index in [1.54, 1.807) is 33.0 Å². The highest BCUT2D eigenvalue weighted by atomic mass is 32.2. The molecule has 1 atom stereocenters. The number of nitrogens with one attached hydrogen (secondary N) is 1. The first-order chi connectivity index (χ1) is 14.1. The highest BCUT2D eigenvalue weighted by Crippen LogP contribution is 2.29. The Morgan fingerprint density at radius 1 is 1.26 bits per heavy atom. The van der Waals surface area contributed by atoms with Crippen molar-refractivity contribution in [2.45, 2.75) is 63.4 Å². The fraction of sp³-hybridized carbons (Fsp3) is 0.579. The van der Waals surface area contributed by atoms with Gasteiger partial charge in [-0.1, -0.05) is 19.6 Å². The van der Waals surface area contributed by atoms with Gasteiger partial charge in [0.1, 0.15) is 10.6 Å². The Morgan fingerprint density at radius 3 is 2.52 bits per heavy atom. The van der Waals surface area contributed by atoms with Crippen LogP contribution in [0, 0.1) is 0 Å². The Balaban J connectivity index is 2.25. The average Bonchev–Trinajstić information content (AvgIpc) is 3.07. The van der Waals surface area contributed by atoms with Crippen molar-refractivity contribution >= 4 is 35.3 Å². The van der Waals surface area contributed by atoms with Crippen LogP contribution in [-0.2, 0) is 19.3 Å². The summed E-state index contributed by atoms with van der Waals surface area (Å²) in [5.41, 5.74) is -0.221. The van der Waals surface area contributed by atoms with Crippen LogP contribution in [0.5, 0.6) is 0 Å². The SMILES string of the molecule is CC(C)(C)OC(=O)NC(OCC[Si](C)(C)C)c1ncc(-c2ccnc(S(C)(=O)=O)n2)s1. The number of amides is 1. The van der Waals surface area contributed by atoms with Gasteiger partial charge in [-0.05, 0) is 32.9 Å². The zero-order valence-corrected chi connectivity index (χ0v) is 21.6. The molecule has 0 saturated heterocycles. The smallest absolute Gasteiger partial charge is 0.410 e. The van der Waals surface area contributed by atoms with Crippen LogP contribution in [0.4, 0.5) is 4.79 Å². The van der Waals surface area contributed by atoms with Crippen molar-refractivity contribution < 1.29 is 22.7 Å². The van der Waals surface area contributed by atoms with Crippen molar-refractivity contribution in [1.29, 1.82) is 0 Å². The monoisotopic (exact) mass is 486 g/mol. The molecule has 2 aromatic rings. The van der Waals surface area contributed by atoms with E-state index in [4.69, 9.17) is 9.47 Å². The molecule has 9 nitrogen and oxygen atoms in total. The van der Waals surface area contributed by atoms with Crippen molar-refractivity contribution in [2.75, 3.05) is 12.9 Å². The third kappa shape index (κ3) is 8.63. The van der Waals surface area contributed by atoms with Gasteiger partial charge < -0.3 is 9.47 Å². The number of thiazole rings is 1. The number of ether oxygens (including phenoxy) is 2. The maximum atomic E-state index is 12.3. The van der Waals surface area contributed by atoms with Gasteiger partial charge in [-0.25, -0.2) is 28.2 Å². The number of nitrogens with zero attached hydrogens (tertiary/aromatic N) is 3. The average molecular weight is 487 g/mol. The number of carbonyl (C=O) groups excluding carboxylic acids is 1. The molecule has 0 spiro atoms. The van der Waals surface area contributed by atoms with Crippen LogP contribution in [-0.4, -0.2) is 56.0 Å². The summed E-state index contributed by atoms with van der Waals surface area (Å²) in [6.07, 6.45) is 2.61. The van der Waals surface area contributed by atoms with E-state index in [1.807, 2.05) is 0 Å². The Bertz CT molecular complexity index is 1010. The zero-order chi connectivity index (χ0) is 23.4. The quantitative estimate of drug-likeness (QED) is 0.339. The number of aromatic nitrogens is 3. The van der Waals surface area contributed by atoms with Crippen molar-refractivity contribution in [1.82, 2.24) is 20.3 Å². The van der Waals surface area contributed by atoms with Crippen LogP contribution in [0.15, 0.2) is 23.6 Å². The lowest BCUT2D eigenvalue weighted by molar-refractivity contribution is 0.00893. The van der Waals surface area contributed by atoms with E-state index < -0.39 is 35.8 Å². The number of alkyl carbamates (subject to hydrolysis) is 1. The van der Waals surface area contributed by atoms with Gasteiger partial charge in [-0.2, -0.15) is 0 Å². The van der Waals surface area contributed by atoms with Crippen LogP contribution in [0.3, 0.4) is 0 Å². The molecule has 0 aliphatic carbocycles. The highest BCUT2D eigenvalue weighted by molar-refractivity contribution is 7.90. The van der Waals surface area contributed by atoms with E-state index >= 15 is 0 Å². The van der Waals surface area contributed by atoms with Gasteiger partial charge in [0.2, 0.25) is 15.0 Å². The molecule has 31 heavy (non-hydrogen) atoms. The van der Waals surface area contributed by atoms with E-state index in [1.165, 1.54) is 17.5 Å². The topological polar surface area (TPSA) is 120 Å². The predicted molar refractivity (Wildman–Crippen MR) is 122 cm³/mol. The molecular weight excluding hydrogens is 456 g/mol. The van der Waals surface area contributed by atoms with E-state index in [-0.39, 0.29) is 5.16 Å². The molecular formula is C19H30N4O5S2Si. The third-order valence-electron chi connectivity index (χ3n) is 3.75. The minimum Gasteiger partial charge on any atom is -0.444 e. The van der Waals surface area contributed by atoms with Crippen molar-refractivity contribution in [2.24, 2.45) is 0 Å². The van der Waals surface area contributed by atoms with Crippen LogP contribution in [0.25, 0.3) is 10.6 Å². The normalized spacial score (nSPS) is 13.6. The molecule has 0 aliphatic rings. The second-order valence-corrected chi connectivity index (χ2v) is 17.9. The van der Waals surface area contributed by atoms with Gasteiger partial charge in [-0.3, -0.25) is 5.32 Å². The van der Waals surface area contributed by atoms with Gasteiger partial charge in [0.25, 0.3) is 0 Å². The largest absolute Gasteiger partial charge is 0.444 e. The Labute approximate surface area is 188 Å². The standard InChI is InChI=1S/C19H30N4O5S2Si/c1-19(2,3)28-18(24)23-15(27-10-11-31(5,6)7)16-21-12-14(29-16)13-8-9-20-17(22-13)30(4,25)26/h8-9,12,15H,10-11H2,1-7H3,(H,23,24). The van der Waals surface area contributed by atoms with E-state index in [0.29, 0.717) is 22.2 Å². The van der Waals surface area contributed by atoms with Gasteiger partial charge in [0.15, 0.2) is 6.23 Å². The molecule has 1 N–H and O–H groups in total. The molecule has 12 heteroatoms. The number of rotatable bonds is 8. The van der Waals surface area contributed by atoms with Crippen LogP contribution in [0.2, 0.25) is 25.7 Å². The molecule has 2 rings (SSSR count). The highest BCUT2D eigenvalue weighted by Gasteiger charge is 2.25. The van der Waals surface area contributed by atoms with Crippen LogP contribution >= 0.6 is 11.3 Å². The molecule has 1 amide bonds. The van der Waals surface area contributed by atoms with Crippen LogP contribution < -0.4 is 5.32 Å². The second kappa shape index (κ2) is 9.71. The molecule has 0 bridgehead atoms. The van der Waals surface area contributed by atoms with E-state index in [2.05, 4.69) is 39.9 Å². The maximum absolute atomic E-state index is 12.3. The third-order valence-corrected chi connectivity index (χ3v) is 7.38. The fourth-order valence-electron chi connectivity index (χ4n) is 2.26. The Morgan fingerprint density at radius 2 is 1.94 bits per heavy atom. The number of hydrogen-bond donors (Lipinski definition) is 1. The van der Waals surface area contributed by atoms with E-state index in [0.717, 1.165) is 12.3 Å². The summed E-state index contributed by atoms with van der Waals surface area (Å²) in [4.78, 5) is 25.2. The second-order valence-electron chi connectivity index (χ2n) is 9.27. The van der Waals surface area contributed by atoms with Gasteiger partial charge in [-0.15, -0.1) is 11.3 Å². The summed E-state index contributed by atoms with van der Waals surface area (Å²) in [5, 5.41) is 2.98. The molecule has 0 aliphatic heterocycles. The predicted octanol–water partition coefficient (Wildman–Crippen LogP) is 3.88. The van der Waals surface area contributed by atoms with Gasteiger partial charge >= 0.3 is 6.09 Å². The Hall–Kier alpha value is -1.89. The number of hydrogen-bond acceptors (Lipinski definition) is 9. The zero-order valence-electron chi connectivity index (χ0n) is 18.9. The molecule has 172 valence electrons. The summed E-state index contributed by atoms with van der Waals surface area (Å²) in [6.45, 7) is 12.5. The molecule has 0 radical (unpaired) electrons. The van der Waals surface area contributed by atoms with Gasteiger partial charge in [0.05, 0.1) is 10.6 Å². The first kappa shape index (κ1) is 25.4. The summed E-state index contributed by atoms with van der Waals surface area (Å²) in [6, 6.07) is 2.52. The van der Waals surface area contributed by atoms with Crippen molar-refractivity contribution in [3.8, 4) is 10.6 Å². The lowest BCUT2D eigenvalue weighted by Crippen LogP contribution is -2.36. The summed E-state index contributed by atoms with van der Waals surface area (Å²) < 4.78 is 34.8. The summed E-state index contributed by atoms with van der Waals surface area (Å²) in [5.74, 6) is 0.